The third-order valence-corrected chi connectivity index (χ3v) is 3.37. The van der Waals surface area contributed by atoms with Gasteiger partial charge >= 0.3 is 5.97 Å². The molecule has 86 valence electrons. The molecule has 2 atom stereocenters. The quantitative estimate of drug-likeness (QED) is 0.692. The molecule has 0 fully saturated rings. The second-order valence-corrected chi connectivity index (χ2v) is 4.49. The molecule has 0 spiro atoms. The lowest BCUT2D eigenvalue weighted by molar-refractivity contribution is -0.148. The molecule has 0 saturated carbocycles. The number of benzene rings is 1. The van der Waals surface area contributed by atoms with Crippen molar-refractivity contribution in [2.75, 3.05) is 0 Å². The van der Waals surface area contributed by atoms with Crippen LogP contribution in [0.25, 0.3) is 5.57 Å². The molecule has 0 radical (unpaired) electrons. The summed E-state index contributed by atoms with van der Waals surface area (Å²) in [4.78, 5) is 22.6. The van der Waals surface area contributed by atoms with E-state index in [9.17, 15) is 9.59 Å². The van der Waals surface area contributed by atoms with Gasteiger partial charge in [0.2, 0.25) is 0 Å². The number of carbonyl (C=O) groups excluding carboxylic acids is 2. The van der Waals surface area contributed by atoms with Crippen LogP contribution in [0.15, 0.2) is 30.3 Å². The van der Waals surface area contributed by atoms with Gasteiger partial charge in [-0.1, -0.05) is 24.3 Å². The molecule has 2 aliphatic carbocycles. The van der Waals surface area contributed by atoms with E-state index in [0.29, 0.717) is 6.42 Å². The molecular weight excluding hydrogens is 216 g/mol. The van der Waals surface area contributed by atoms with E-state index in [-0.39, 0.29) is 23.8 Å². The maximum absolute atomic E-state index is 11.5. The van der Waals surface area contributed by atoms with E-state index in [1.165, 1.54) is 6.92 Å². The first-order chi connectivity index (χ1) is 8.16. The number of carbonyl (C=O) groups is 2. The van der Waals surface area contributed by atoms with Gasteiger partial charge in [-0.25, -0.2) is 0 Å². The molecule has 3 heteroatoms. The van der Waals surface area contributed by atoms with Gasteiger partial charge < -0.3 is 4.74 Å². The first-order valence-corrected chi connectivity index (χ1v) is 5.68. The number of hydrogen-bond donors (Lipinski definition) is 0. The van der Waals surface area contributed by atoms with Gasteiger partial charge in [0, 0.05) is 24.8 Å². The Bertz CT molecular complexity index is 542. The number of ketones is 1. The molecule has 2 aliphatic rings. The molecule has 0 saturated heterocycles. The van der Waals surface area contributed by atoms with Crippen molar-refractivity contribution in [1.82, 2.24) is 0 Å². The molecule has 3 rings (SSSR count). The zero-order valence-corrected chi connectivity index (χ0v) is 9.47. The van der Waals surface area contributed by atoms with Gasteiger partial charge in [0.25, 0.3) is 0 Å². The van der Waals surface area contributed by atoms with Crippen molar-refractivity contribution in [2.24, 2.45) is 5.92 Å². The second-order valence-electron chi connectivity index (χ2n) is 4.49. The highest BCUT2D eigenvalue weighted by molar-refractivity contribution is 6.04. The van der Waals surface area contributed by atoms with Crippen LogP contribution < -0.4 is 0 Å². The lowest BCUT2D eigenvalue weighted by Gasteiger charge is -2.17. The van der Waals surface area contributed by atoms with Crippen molar-refractivity contribution < 1.29 is 14.3 Å². The molecule has 3 nitrogen and oxygen atoms in total. The van der Waals surface area contributed by atoms with Crippen LogP contribution in [0.1, 0.15) is 30.6 Å². The number of ether oxygens (including phenoxy) is 1. The molecule has 0 amide bonds. The Kier molecular flexibility index (Phi) is 2.15. The minimum absolute atomic E-state index is 0.0174. The van der Waals surface area contributed by atoms with Crippen LogP contribution in [0.4, 0.5) is 0 Å². The first-order valence-electron chi connectivity index (χ1n) is 5.68. The van der Waals surface area contributed by atoms with E-state index in [2.05, 4.69) is 0 Å². The average Bonchev–Trinajstić information content (AvgIpc) is 2.78. The van der Waals surface area contributed by atoms with Crippen molar-refractivity contribution in [2.45, 2.75) is 19.4 Å². The monoisotopic (exact) mass is 228 g/mol. The summed E-state index contributed by atoms with van der Waals surface area (Å²) in [5.74, 6) is -0.161. The summed E-state index contributed by atoms with van der Waals surface area (Å²) in [6.45, 7) is 1.40. The van der Waals surface area contributed by atoms with Crippen LogP contribution in [0.5, 0.6) is 0 Å². The van der Waals surface area contributed by atoms with Crippen LogP contribution in [0.2, 0.25) is 0 Å². The van der Waals surface area contributed by atoms with E-state index < -0.39 is 0 Å². The number of fused-ring (bicyclic) bond motifs is 3. The Morgan fingerprint density at radius 2 is 2.12 bits per heavy atom. The van der Waals surface area contributed by atoms with Gasteiger partial charge in [-0.15, -0.1) is 0 Å². The zero-order chi connectivity index (χ0) is 12.0. The molecule has 0 bridgehead atoms. The van der Waals surface area contributed by atoms with Crippen LogP contribution >= 0.6 is 0 Å². The summed E-state index contributed by atoms with van der Waals surface area (Å²) in [6.07, 6.45) is 1.84. The van der Waals surface area contributed by atoms with Gasteiger partial charge in [0.1, 0.15) is 6.10 Å². The fraction of sp³-hybridized carbons (Fsp3) is 0.286. The zero-order valence-electron chi connectivity index (χ0n) is 9.47. The summed E-state index contributed by atoms with van der Waals surface area (Å²) >= 11 is 0. The average molecular weight is 228 g/mol. The Hall–Kier alpha value is -1.90. The van der Waals surface area contributed by atoms with Crippen LogP contribution in [0.3, 0.4) is 0 Å². The molecule has 1 aromatic carbocycles. The van der Waals surface area contributed by atoms with E-state index in [0.717, 1.165) is 16.7 Å². The first kappa shape index (κ1) is 10.3. The predicted molar refractivity (Wildman–Crippen MR) is 62.0 cm³/mol. The molecule has 17 heavy (non-hydrogen) atoms. The number of hydrogen-bond acceptors (Lipinski definition) is 3. The lowest BCUT2D eigenvalue weighted by atomic mass is 10.0. The van der Waals surface area contributed by atoms with Gasteiger partial charge in [0.15, 0.2) is 5.78 Å². The van der Waals surface area contributed by atoms with Crippen molar-refractivity contribution >= 4 is 17.3 Å². The van der Waals surface area contributed by atoms with Crippen molar-refractivity contribution in [3.8, 4) is 0 Å². The Balaban J connectivity index is 2.10. The number of allylic oxidation sites excluding steroid dienone is 1. The van der Waals surface area contributed by atoms with Crippen LogP contribution in [0, 0.1) is 5.92 Å². The smallest absolute Gasteiger partial charge is 0.303 e. The summed E-state index contributed by atoms with van der Waals surface area (Å²) < 4.78 is 5.37. The fourth-order valence-electron chi connectivity index (χ4n) is 2.76. The number of rotatable bonds is 1. The summed E-state index contributed by atoms with van der Waals surface area (Å²) in [5, 5.41) is 0. The minimum atomic E-state index is -0.301. The van der Waals surface area contributed by atoms with Gasteiger partial charge in [-0.2, -0.15) is 0 Å². The van der Waals surface area contributed by atoms with Crippen LogP contribution in [-0.2, 0) is 14.3 Å². The minimum Gasteiger partial charge on any atom is -0.457 e. The molecule has 0 N–H and O–H groups in total. The van der Waals surface area contributed by atoms with E-state index in [1.54, 1.807) is 6.08 Å². The van der Waals surface area contributed by atoms with Gasteiger partial charge in [-0.05, 0) is 17.2 Å². The summed E-state index contributed by atoms with van der Waals surface area (Å²) in [7, 11) is 0. The summed E-state index contributed by atoms with van der Waals surface area (Å²) in [6, 6.07) is 7.82. The molecule has 0 heterocycles. The Morgan fingerprint density at radius 3 is 2.88 bits per heavy atom. The van der Waals surface area contributed by atoms with Gasteiger partial charge in [0.05, 0.1) is 0 Å². The van der Waals surface area contributed by atoms with E-state index in [4.69, 9.17) is 4.74 Å². The highest BCUT2D eigenvalue weighted by Crippen LogP contribution is 2.50. The highest BCUT2D eigenvalue weighted by Gasteiger charge is 2.42. The standard InChI is InChI=1S/C14H12O3/c1-8(15)17-14-11-5-3-2-4-10(11)12-6-9(16)7-13(12)14/h2-6,13-14H,7H2,1H3. The normalized spacial score (nSPS) is 25.2. The second kappa shape index (κ2) is 3.55. The maximum Gasteiger partial charge on any atom is 0.303 e. The molecule has 1 aromatic rings. The molecule has 0 aromatic heterocycles. The van der Waals surface area contributed by atoms with Gasteiger partial charge in [-0.3, -0.25) is 9.59 Å². The van der Waals surface area contributed by atoms with Crippen molar-refractivity contribution in [1.29, 1.82) is 0 Å². The predicted octanol–water partition coefficient (Wildman–Crippen LogP) is 2.28. The topological polar surface area (TPSA) is 43.4 Å². The molecule has 2 unspecified atom stereocenters. The summed E-state index contributed by atoms with van der Waals surface area (Å²) in [5.41, 5.74) is 3.10. The largest absolute Gasteiger partial charge is 0.457 e. The van der Waals surface area contributed by atoms with E-state index in [1.807, 2.05) is 24.3 Å². The lowest BCUT2D eigenvalue weighted by Crippen LogP contribution is -2.13. The molecule has 0 aliphatic heterocycles. The van der Waals surface area contributed by atoms with Crippen molar-refractivity contribution in [3.05, 3.63) is 41.5 Å². The van der Waals surface area contributed by atoms with E-state index >= 15 is 0 Å². The third-order valence-electron chi connectivity index (χ3n) is 3.37. The Labute approximate surface area is 99.1 Å². The Morgan fingerprint density at radius 1 is 1.35 bits per heavy atom. The SMILES string of the molecule is CC(=O)OC1c2ccccc2C2=CC(=O)CC21. The van der Waals surface area contributed by atoms with Crippen molar-refractivity contribution in [3.63, 3.8) is 0 Å². The molecular formula is C14H12O3. The number of esters is 1. The highest BCUT2D eigenvalue weighted by atomic mass is 16.5. The van der Waals surface area contributed by atoms with Crippen LogP contribution in [-0.4, -0.2) is 11.8 Å². The third kappa shape index (κ3) is 1.50. The maximum atomic E-state index is 11.5. The fourth-order valence-corrected chi connectivity index (χ4v) is 2.76.